The lowest BCUT2D eigenvalue weighted by Crippen LogP contribution is -2.27. The van der Waals surface area contributed by atoms with Crippen LogP contribution in [0.5, 0.6) is 0 Å². The van der Waals surface area contributed by atoms with E-state index in [1.54, 1.807) is 6.07 Å². The summed E-state index contributed by atoms with van der Waals surface area (Å²) in [6.45, 7) is 2.89. The Kier molecular flexibility index (Phi) is 3.92. The molecule has 19 heavy (non-hydrogen) atoms. The fraction of sp³-hybridized carbons (Fsp3) is 0.571. The highest BCUT2D eigenvalue weighted by atomic mass is 19.4. The van der Waals surface area contributed by atoms with Gasteiger partial charge in [0.25, 0.3) is 0 Å². The molecule has 0 saturated heterocycles. The summed E-state index contributed by atoms with van der Waals surface area (Å²) in [7, 11) is 0. The minimum Gasteiger partial charge on any atom is -0.398 e. The fourth-order valence-corrected chi connectivity index (χ4v) is 2.21. The van der Waals surface area contributed by atoms with E-state index >= 15 is 0 Å². The van der Waals surface area contributed by atoms with Gasteiger partial charge in [0, 0.05) is 24.0 Å². The molecule has 5 heteroatoms. The van der Waals surface area contributed by atoms with Crippen molar-refractivity contribution < 1.29 is 13.2 Å². The number of benzene rings is 1. The summed E-state index contributed by atoms with van der Waals surface area (Å²) in [5.41, 5.74) is 5.13. The lowest BCUT2D eigenvalue weighted by Gasteiger charge is -2.26. The molecule has 0 aromatic heterocycles. The Bertz CT molecular complexity index is 439. The molecule has 1 fully saturated rings. The van der Waals surface area contributed by atoms with Crippen molar-refractivity contribution in [3.8, 4) is 0 Å². The van der Waals surface area contributed by atoms with Gasteiger partial charge in [0.2, 0.25) is 0 Å². The number of unbranched alkanes of at least 4 members (excludes halogenated alkanes) is 1. The zero-order valence-electron chi connectivity index (χ0n) is 11.0. The van der Waals surface area contributed by atoms with E-state index in [-0.39, 0.29) is 5.69 Å². The van der Waals surface area contributed by atoms with Crippen LogP contribution in [0.15, 0.2) is 18.2 Å². The number of nitrogen functional groups attached to an aromatic ring is 1. The Balaban J connectivity index is 2.27. The molecule has 2 nitrogen and oxygen atoms in total. The molecular formula is C14H19F3N2. The molecule has 0 aliphatic heterocycles. The summed E-state index contributed by atoms with van der Waals surface area (Å²) >= 11 is 0. The molecule has 1 aromatic rings. The van der Waals surface area contributed by atoms with Crippen LogP contribution in [0.25, 0.3) is 0 Å². The van der Waals surface area contributed by atoms with E-state index in [0.29, 0.717) is 11.7 Å². The molecule has 0 amide bonds. The normalized spacial score (nSPS) is 15.6. The van der Waals surface area contributed by atoms with Gasteiger partial charge in [0.1, 0.15) is 0 Å². The quantitative estimate of drug-likeness (QED) is 0.819. The van der Waals surface area contributed by atoms with Crippen LogP contribution in [-0.2, 0) is 6.18 Å². The predicted molar refractivity (Wildman–Crippen MR) is 71.1 cm³/mol. The number of hydrogen-bond acceptors (Lipinski definition) is 2. The van der Waals surface area contributed by atoms with Crippen LogP contribution < -0.4 is 10.6 Å². The van der Waals surface area contributed by atoms with Gasteiger partial charge in [-0.2, -0.15) is 13.2 Å². The molecule has 0 unspecified atom stereocenters. The summed E-state index contributed by atoms with van der Waals surface area (Å²) in [6.07, 6.45) is -0.239. The summed E-state index contributed by atoms with van der Waals surface area (Å²) in [5.74, 6) is 0. The zero-order valence-corrected chi connectivity index (χ0v) is 11.0. The van der Waals surface area contributed by atoms with Crippen molar-refractivity contribution in [1.29, 1.82) is 0 Å². The Morgan fingerprint density at radius 3 is 2.53 bits per heavy atom. The minimum absolute atomic E-state index is 0.206. The number of nitrogens with two attached hydrogens (primary N) is 1. The monoisotopic (exact) mass is 272 g/mol. The first kappa shape index (κ1) is 14.0. The highest BCUT2D eigenvalue weighted by molar-refractivity contribution is 5.60. The lowest BCUT2D eigenvalue weighted by molar-refractivity contribution is -0.136. The molecule has 106 valence electrons. The third-order valence-corrected chi connectivity index (χ3v) is 3.41. The van der Waals surface area contributed by atoms with Gasteiger partial charge in [0.15, 0.2) is 0 Å². The van der Waals surface area contributed by atoms with E-state index in [1.165, 1.54) is 12.1 Å². The van der Waals surface area contributed by atoms with Gasteiger partial charge < -0.3 is 10.6 Å². The van der Waals surface area contributed by atoms with Crippen LogP contribution in [0.1, 0.15) is 38.2 Å². The van der Waals surface area contributed by atoms with E-state index in [2.05, 4.69) is 11.8 Å². The summed E-state index contributed by atoms with van der Waals surface area (Å²) in [4.78, 5) is 2.08. The van der Waals surface area contributed by atoms with Crippen molar-refractivity contribution in [1.82, 2.24) is 0 Å². The average Bonchev–Trinajstić information content (AvgIpc) is 3.14. The number of nitrogens with zero attached hydrogens (tertiary/aromatic N) is 1. The first-order valence-corrected chi connectivity index (χ1v) is 6.67. The maximum Gasteiger partial charge on any atom is 0.418 e. The lowest BCUT2D eigenvalue weighted by atomic mass is 10.1. The van der Waals surface area contributed by atoms with E-state index < -0.39 is 11.7 Å². The highest BCUT2D eigenvalue weighted by Gasteiger charge is 2.35. The molecule has 2 rings (SSSR count). The number of rotatable bonds is 5. The minimum atomic E-state index is -4.39. The number of alkyl halides is 3. The van der Waals surface area contributed by atoms with Crippen molar-refractivity contribution in [3.05, 3.63) is 23.8 Å². The Labute approximate surface area is 111 Å². The molecular weight excluding hydrogens is 253 g/mol. The molecule has 1 aromatic carbocycles. The third-order valence-electron chi connectivity index (χ3n) is 3.41. The van der Waals surface area contributed by atoms with E-state index in [0.717, 1.165) is 32.2 Å². The zero-order chi connectivity index (χ0) is 14.0. The van der Waals surface area contributed by atoms with Crippen LogP contribution in [0, 0.1) is 0 Å². The first-order valence-electron chi connectivity index (χ1n) is 6.67. The van der Waals surface area contributed by atoms with Gasteiger partial charge in [-0.05, 0) is 37.5 Å². The van der Waals surface area contributed by atoms with E-state index in [4.69, 9.17) is 5.73 Å². The van der Waals surface area contributed by atoms with Crippen LogP contribution >= 0.6 is 0 Å². The molecule has 0 atom stereocenters. The van der Waals surface area contributed by atoms with Crippen molar-refractivity contribution in [2.45, 2.75) is 44.8 Å². The van der Waals surface area contributed by atoms with Gasteiger partial charge >= 0.3 is 6.18 Å². The topological polar surface area (TPSA) is 29.3 Å². The molecule has 1 saturated carbocycles. The standard InChI is InChI=1S/C14H19F3N2/c1-2-3-8-19(10-4-5-10)11-6-7-13(18)12(9-11)14(15,16)17/h6-7,9-10H,2-5,8,18H2,1H3. The number of anilines is 2. The van der Waals surface area contributed by atoms with Crippen LogP contribution in [0.3, 0.4) is 0 Å². The van der Waals surface area contributed by atoms with Crippen molar-refractivity contribution in [3.63, 3.8) is 0 Å². The maximum atomic E-state index is 12.9. The molecule has 1 aliphatic carbocycles. The van der Waals surface area contributed by atoms with E-state index in [9.17, 15) is 13.2 Å². The summed E-state index contributed by atoms with van der Waals surface area (Å²) < 4.78 is 38.6. The van der Waals surface area contributed by atoms with Gasteiger partial charge in [-0.15, -0.1) is 0 Å². The van der Waals surface area contributed by atoms with Crippen LogP contribution in [0.2, 0.25) is 0 Å². The van der Waals surface area contributed by atoms with Crippen LogP contribution in [-0.4, -0.2) is 12.6 Å². The molecule has 2 N–H and O–H groups in total. The Morgan fingerprint density at radius 1 is 1.32 bits per heavy atom. The smallest absolute Gasteiger partial charge is 0.398 e. The first-order chi connectivity index (χ1) is 8.93. The van der Waals surface area contributed by atoms with Crippen molar-refractivity contribution in [2.75, 3.05) is 17.2 Å². The predicted octanol–water partition coefficient (Wildman–Crippen LogP) is 4.06. The Hall–Kier alpha value is -1.39. The summed E-state index contributed by atoms with van der Waals surface area (Å²) in [6, 6.07) is 4.64. The second-order valence-corrected chi connectivity index (χ2v) is 5.05. The SMILES string of the molecule is CCCCN(c1ccc(N)c(C(F)(F)F)c1)C1CC1. The van der Waals surface area contributed by atoms with Gasteiger partial charge in [-0.3, -0.25) is 0 Å². The third kappa shape index (κ3) is 3.33. The molecule has 1 aliphatic rings. The molecule has 0 radical (unpaired) electrons. The number of halogens is 3. The fourth-order valence-electron chi connectivity index (χ4n) is 2.21. The summed E-state index contributed by atoms with van der Waals surface area (Å²) in [5, 5.41) is 0. The highest BCUT2D eigenvalue weighted by Crippen LogP contribution is 2.38. The maximum absolute atomic E-state index is 12.9. The van der Waals surface area contributed by atoms with Gasteiger partial charge in [-0.1, -0.05) is 13.3 Å². The van der Waals surface area contributed by atoms with Gasteiger partial charge in [0.05, 0.1) is 5.56 Å². The largest absolute Gasteiger partial charge is 0.418 e. The molecule has 0 spiro atoms. The average molecular weight is 272 g/mol. The molecule has 0 bridgehead atoms. The van der Waals surface area contributed by atoms with Crippen molar-refractivity contribution >= 4 is 11.4 Å². The molecule has 0 heterocycles. The number of hydrogen-bond donors (Lipinski definition) is 1. The van der Waals surface area contributed by atoms with E-state index in [1.807, 2.05) is 0 Å². The second kappa shape index (κ2) is 5.31. The van der Waals surface area contributed by atoms with Crippen molar-refractivity contribution in [2.24, 2.45) is 0 Å². The van der Waals surface area contributed by atoms with Gasteiger partial charge in [-0.25, -0.2) is 0 Å². The Morgan fingerprint density at radius 2 is 2.00 bits per heavy atom. The second-order valence-electron chi connectivity index (χ2n) is 5.05. The van der Waals surface area contributed by atoms with Crippen LogP contribution in [0.4, 0.5) is 24.5 Å².